The SMILES string of the molecule is Cc1ccc(C(=O)COC(=O)/C(C#N)=C/c2ccc3c(c2)OCO3)cc1C. The molecule has 2 aromatic carbocycles. The molecule has 6 nitrogen and oxygen atoms in total. The van der Waals surface area contributed by atoms with Gasteiger partial charge in [0, 0.05) is 5.56 Å². The summed E-state index contributed by atoms with van der Waals surface area (Å²) in [4.78, 5) is 24.3. The molecule has 0 atom stereocenters. The highest BCUT2D eigenvalue weighted by molar-refractivity contribution is 6.02. The second-order valence-electron chi connectivity index (χ2n) is 6.08. The Morgan fingerprint density at radius 3 is 2.63 bits per heavy atom. The van der Waals surface area contributed by atoms with Crippen LogP contribution in [0, 0.1) is 25.2 Å². The molecule has 136 valence electrons. The first-order valence-electron chi connectivity index (χ1n) is 8.27. The van der Waals surface area contributed by atoms with E-state index in [1.807, 2.05) is 19.9 Å². The molecule has 3 rings (SSSR count). The lowest BCUT2D eigenvalue weighted by Crippen LogP contribution is -2.15. The fourth-order valence-electron chi connectivity index (χ4n) is 2.51. The third-order valence-electron chi connectivity index (χ3n) is 4.21. The Labute approximate surface area is 156 Å². The van der Waals surface area contributed by atoms with Crippen LogP contribution in [0.2, 0.25) is 0 Å². The number of aryl methyl sites for hydroxylation is 2. The molecule has 0 aliphatic carbocycles. The van der Waals surface area contributed by atoms with Crippen molar-refractivity contribution in [2.45, 2.75) is 13.8 Å². The maximum absolute atomic E-state index is 12.2. The van der Waals surface area contributed by atoms with Gasteiger partial charge in [0.2, 0.25) is 6.79 Å². The Balaban J connectivity index is 1.67. The summed E-state index contributed by atoms with van der Waals surface area (Å²) in [5, 5.41) is 9.24. The number of esters is 1. The molecule has 2 aromatic rings. The molecule has 1 aliphatic heterocycles. The van der Waals surface area contributed by atoms with E-state index in [9.17, 15) is 14.9 Å². The fraction of sp³-hybridized carbons (Fsp3) is 0.190. The second kappa shape index (κ2) is 7.75. The third-order valence-corrected chi connectivity index (χ3v) is 4.21. The van der Waals surface area contributed by atoms with Crippen molar-refractivity contribution in [2.75, 3.05) is 13.4 Å². The van der Waals surface area contributed by atoms with Gasteiger partial charge in [-0.2, -0.15) is 5.26 Å². The minimum absolute atomic E-state index is 0.135. The Kier molecular flexibility index (Phi) is 5.23. The van der Waals surface area contributed by atoms with Crippen LogP contribution < -0.4 is 9.47 Å². The van der Waals surface area contributed by atoms with Crippen LogP contribution in [0.4, 0.5) is 0 Å². The van der Waals surface area contributed by atoms with Crippen LogP contribution in [0.1, 0.15) is 27.0 Å². The molecule has 0 spiro atoms. The summed E-state index contributed by atoms with van der Waals surface area (Å²) < 4.78 is 15.5. The highest BCUT2D eigenvalue weighted by Gasteiger charge is 2.16. The monoisotopic (exact) mass is 363 g/mol. The zero-order chi connectivity index (χ0) is 19.4. The molecule has 0 bridgehead atoms. The van der Waals surface area contributed by atoms with Crippen LogP contribution in [0.3, 0.4) is 0 Å². The molecule has 0 saturated heterocycles. The molecular weight excluding hydrogens is 346 g/mol. The molecule has 0 aromatic heterocycles. The van der Waals surface area contributed by atoms with Gasteiger partial charge in [-0.05, 0) is 54.8 Å². The molecule has 0 N–H and O–H groups in total. The normalized spacial score (nSPS) is 12.4. The molecule has 0 saturated carbocycles. The summed E-state index contributed by atoms with van der Waals surface area (Å²) in [6.45, 7) is 3.56. The molecule has 0 amide bonds. The number of rotatable bonds is 5. The second-order valence-corrected chi connectivity index (χ2v) is 6.08. The number of carbonyl (C=O) groups excluding carboxylic acids is 2. The molecule has 1 aliphatic rings. The van der Waals surface area contributed by atoms with Crippen molar-refractivity contribution in [1.82, 2.24) is 0 Å². The Morgan fingerprint density at radius 2 is 1.89 bits per heavy atom. The van der Waals surface area contributed by atoms with Crippen molar-refractivity contribution in [1.29, 1.82) is 5.26 Å². The van der Waals surface area contributed by atoms with E-state index >= 15 is 0 Å². The summed E-state index contributed by atoms with van der Waals surface area (Å²) in [5.74, 6) is -0.0364. The number of hydrogen-bond acceptors (Lipinski definition) is 6. The van der Waals surface area contributed by atoms with E-state index in [1.54, 1.807) is 36.4 Å². The van der Waals surface area contributed by atoms with Gasteiger partial charge in [-0.15, -0.1) is 0 Å². The van der Waals surface area contributed by atoms with Crippen LogP contribution in [-0.2, 0) is 9.53 Å². The minimum atomic E-state index is -0.854. The first-order chi connectivity index (χ1) is 13.0. The van der Waals surface area contributed by atoms with E-state index in [1.165, 1.54) is 6.08 Å². The molecule has 0 radical (unpaired) electrons. The molecule has 27 heavy (non-hydrogen) atoms. The van der Waals surface area contributed by atoms with E-state index in [0.717, 1.165) is 11.1 Å². The standard InChI is InChI=1S/C21H17NO5/c1-13-3-5-16(7-14(13)2)18(23)11-25-21(24)17(10-22)8-15-4-6-19-20(9-15)27-12-26-19/h3-9H,11-12H2,1-2H3/b17-8+. The van der Waals surface area contributed by atoms with E-state index in [0.29, 0.717) is 22.6 Å². The lowest BCUT2D eigenvalue weighted by molar-refractivity contribution is -0.137. The van der Waals surface area contributed by atoms with Gasteiger partial charge in [0.15, 0.2) is 23.9 Å². The van der Waals surface area contributed by atoms with Crippen LogP contribution in [0.5, 0.6) is 11.5 Å². The van der Waals surface area contributed by atoms with E-state index in [-0.39, 0.29) is 18.1 Å². The number of carbonyl (C=O) groups is 2. The topological polar surface area (TPSA) is 85.6 Å². The van der Waals surface area contributed by atoms with Crippen LogP contribution >= 0.6 is 0 Å². The number of fused-ring (bicyclic) bond motifs is 1. The van der Waals surface area contributed by atoms with Crippen molar-refractivity contribution in [3.63, 3.8) is 0 Å². The van der Waals surface area contributed by atoms with Crippen molar-refractivity contribution in [3.8, 4) is 17.6 Å². The highest BCUT2D eigenvalue weighted by atomic mass is 16.7. The quantitative estimate of drug-likeness (QED) is 0.350. The number of nitriles is 1. The molecule has 0 unspecified atom stereocenters. The van der Waals surface area contributed by atoms with Crippen LogP contribution in [0.15, 0.2) is 42.0 Å². The Morgan fingerprint density at radius 1 is 1.11 bits per heavy atom. The van der Waals surface area contributed by atoms with E-state index < -0.39 is 12.6 Å². The summed E-state index contributed by atoms with van der Waals surface area (Å²) >= 11 is 0. The Bertz CT molecular complexity index is 985. The Hall–Kier alpha value is -3.59. The molecule has 1 heterocycles. The maximum Gasteiger partial charge on any atom is 0.349 e. The smallest absolute Gasteiger partial charge is 0.349 e. The van der Waals surface area contributed by atoms with Gasteiger partial charge in [0.1, 0.15) is 11.6 Å². The number of hydrogen-bond donors (Lipinski definition) is 0. The van der Waals surface area contributed by atoms with Crippen molar-refractivity contribution in [2.24, 2.45) is 0 Å². The van der Waals surface area contributed by atoms with Gasteiger partial charge in [-0.1, -0.05) is 18.2 Å². The number of ketones is 1. The third kappa shape index (κ3) is 4.15. The van der Waals surface area contributed by atoms with Gasteiger partial charge in [-0.25, -0.2) is 4.79 Å². The predicted octanol–water partition coefficient (Wildman–Crippen LogP) is 3.37. The largest absolute Gasteiger partial charge is 0.454 e. The lowest BCUT2D eigenvalue weighted by Gasteiger charge is -2.06. The zero-order valence-corrected chi connectivity index (χ0v) is 14.9. The molecule has 0 fully saturated rings. The van der Waals surface area contributed by atoms with Crippen LogP contribution in [-0.4, -0.2) is 25.2 Å². The number of Topliss-reactive ketones (excluding diaryl/α,β-unsaturated/α-hetero) is 1. The van der Waals surface area contributed by atoms with Gasteiger partial charge in [0.05, 0.1) is 0 Å². The lowest BCUT2D eigenvalue weighted by atomic mass is 10.0. The predicted molar refractivity (Wildman–Crippen MR) is 97.4 cm³/mol. The van der Waals surface area contributed by atoms with Crippen molar-refractivity contribution >= 4 is 17.8 Å². The van der Waals surface area contributed by atoms with Crippen molar-refractivity contribution < 1.29 is 23.8 Å². The van der Waals surface area contributed by atoms with Gasteiger partial charge < -0.3 is 14.2 Å². The average molecular weight is 363 g/mol. The summed E-state index contributed by atoms with van der Waals surface area (Å²) in [6.07, 6.45) is 1.38. The van der Waals surface area contributed by atoms with Gasteiger partial charge >= 0.3 is 5.97 Å². The average Bonchev–Trinajstić information content (AvgIpc) is 3.13. The zero-order valence-electron chi connectivity index (χ0n) is 14.9. The highest BCUT2D eigenvalue weighted by Crippen LogP contribution is 2.33. The molecular formula is C21H17NO5. The van der Waals surface area contributed by atoms with Crippen molar-refractivity contribution in [3.05, 3.63) is 64.2 Å². The number of nitrogens with zero attached hydrogens (tertiary/aromatic N) is 1. The summed E-state index contributed by atoms with van der Waals surface area (Å²) in [7, 11) is 0. The van der Waals surface area contributed by atoms with E-state index in [2.05, 4.69) is 0 Å². The van der Waals surface area contributed by atoms with Gasteiger partial charge in [0.25, 0.3) is 0 Å². The first-order valence-corrected chi connectivity index (χ1v) is 8.27. The fourth-order valence-corrected chi connectivity index (χ4v) is 2.51. The number of benzene rings is 2. The van der Waals surface area contributed by atoms with Gasteiger partial charge in [-0.3, -0.25) is 4.79 Å². The summed E-state index contributed by atoms with van der Waals surface area (Å²) in [6, 6.07) is 12.1. The minimum Gasteiger partial charge on any atom is -0.454 e. The van der Waals surface area contributed by atoms with Crippen LogP contribution in [0.25, 0.3) is 6.08 Å². The summed E-state index contributed by atoms with van der Waals surface area (Å²) in [5.41, 5.74) is 2.90. The molecule has 6 heteroatoms. The maximum atomic E-state index is 12.2. The first kappa shape index (κ1) is 18.2. The number of ether oxygens (including phenoxy) is 3. The van der Waals surface area contributed by atoms with E-state index in [4.69, 9.17) is 14.2 Å².